The number of hydrogen-bond acceptors (Lipinski definition) is 5. The lowest BCUT2D eigenvalue weighted by Gasteiger charge is -2.37. The summed E-state index contributed by atoms with van der Waals surface area (Å²) in [6.07, 6.45) is 3.79. The largest absolute Gasteiger partial charge is 0.497 e. The van der Waals surface area contributed by atoms with Crippen LogP contribution in [0.5, 0.6) is 5.75 Å². The number of hydrogen-bond donors (Lipinski definition) is 0. The first-order chi connectivity index (χ1) is 16.9. The molecule has 0 radical (unpaired) electrons. The van der Waals surface area contributed by atoms with Gasteiger partial charge in [-0.25, -0.2) is 0 Å². The summed E-state index contributed by atoms with van der Waals surface area (Å²) in [5.41, 5.74) is 1.74. The fraction of sp³-hybridized carbons (Fsp3) is 0.207. The quantitative estimate of drug-likeness (QED) is 0.468. The van der Waals surface area contributed by atoms with Crippen molar-refractivity contribution in [3.05, 3.63) is 100 Å². The minimum atomic E-state index is -1.47. The second-order valence-corrected chi connectivity index (χ2v) is 9.73. The van der Waals surface area contributed by atoms with Crippen LogP contribution in [-0.2, 0) is 4.79 Å². The zero-order valence-electron chi connectivity index (χ0n) is 19.2. The Labute approximate surface area is 208 Å². The predicted molar refractivity (Wildman–Crippen MR) is 134 cm³/mol. The molecule has 1 unspecified atom stereocenters. The van der Waals surface area contributed by atoms with E-state index < -0.39 is 23.4 Å². The third-order valence-corrected chi connectivity index (χ3v) is 7.89. The average molecular weight is 484 g/mol. The lowest BCUT2D eigenvalue weighted by atomic mass is 9.64. The summed E-state index contributed by atoms with van der Waals surface area (Å²) in [5.74, 6) is -0.611. The molecule has 35 heavy (non-hydrogen) atoms. The van der Waals surface area contributed by atoms with Crippen molar-refractivity contribution in [2.75, 3.05) is 12.0 Å². The van der Waals surface area contributed by atoms with E-state index >= 15 is 0 Å². The van der Waals surface area contributed by atoms with Crippen molar-refractivity contribution in [3.63, 3.8) is 0 Å². The number of methoxy groups -OCH3 is 1. The van der Waals surface area contributed by atoms with E-state index in [0.29, 0.717) is 21.9 Å². The van der Waals surface area contributed by atoms with Gasteiger partial charge in [0.1, 0.15) is 11.2 Å². The standard InChI is InChI=1S/C29H22ClNO4/c1-16(32)26-25(17-7-11-20(35-2)12-8-17)29(27(33)21-5-3-4-6-22(21)28(29)34)24-14-9-18-15-19(30)10-13-23(18)31(24)26/h3-15,24-26H,1-2H3/t24?,25-,26-/m0/s1. The average Bonchev–Trinajstić information content (AvgIpc) is 3.30. The lowest BCUT2D eigenvalue weighted by Crippen LogP contribution is -2.48. The highest BCUT2D eigenvalue weighted by atomic mass is 35.5. The number of halogens is 1. The molecule has 1 fully saturated rings. The molecule has 174 valence electrons. The monoisotopic (exact) mass is 483 g/mol. The van der Waals surface area contributed by atoms with Crippen LogP contribution in [0.4, 0.5) is 5.69 Å². The van der Waals surface area contributed by atoms with Crippen molar-refractivity contribution in [2.24, 2.45) is 5.41 Å². The van der Waals surface area contributed by atoms with E-state index in [1.165, 1.54) is 6.92 Å². The van der Waals surface area contributed by atoms with Gasteiger partial charge in [0.05, 0.1) is 19.2 Å². The van der Waals surface area contributed by atoms with E-state index in [0.717, 1.165) is 16.8 Å². The second-order valence-electron chi connectivity index (χ2n) is 9.29. The molecule has 0 bridgehead atoms. The molecular formula is C29H22ClNO4. The maximum Gasteiger partial charge on any atom is 0.180 e. The molecule has 0 N–H and O–H groups in total. The van der Waals surface area contributed by atoms with Crippen LogP contribution in [0.25, 0.3) is 6.08 Å². The Kier molecular flexibility index (Phi) is 4.77. The van der Waals surface area contributed by atoms with Gasteiger partial charge in [-0.3, -0.25) is 14.4 Å². The maximum atomic E-state index is 14.3. The number of carbonyl (C=O) groups is 3. The number of Topliss-reactive ketones (excluding diaryl/α,β-unsaturated/α-hetero) is 3. The summed E-state index contributed by atoms with van der Waals surface area (Å²) in [6.45, 7) is 1.53. The number of anilines is 1. The van der Waals surface area contributed by atoms with Crippen LogP contribution in [0.3, 0.4) is 0 Å². The summed E-state index contributed by atoms with van der Waals surface area (Å²) in [4.78, 5) is 43.9. The van der Waals surface area contributed by atoms with E-state index in [2.05, 4.69) is 0 Å². The summed E-state index contributed by atoms with van der Waals surface area (Å²) < 4.78 is 5.33. The van der Waals surface area contributed by atoms with Gasteiger partial charge in [-0.15, -0.1) is 0 Å². The molecule has 6 heteroatoms. The molecule has 3 atom stereocenters. The van der Waals surface area contributed by atoms with Crippen LogP contribution in [0, 0.1) is 5.41 Å². The molecule has 1 spiro atoms. The van der Waals surface area contributed by atoms with Crippen molar-refractivity contribution in [1.29, 1.82) is 0 Å². The van der Waals surface area contributed by atoms with Gasteiger partial charge < -0.3 is 9.64 Å². The highest BCUT2D eigenvalue weighted by molar-refractivity contribution is 6.32. The van der Waals surface area contributed by atoms with Crippen LogP contribution >= 0.6 is 11.6 Å². The zero-order chi connectivity index (χ0) is 24.5. The van der Waals surface area contributed by atoms with Gasteiger partial charge in [0.25, 0.3) is 0 Å². The van der Waals surface area contributed by atoms with E-state index in [4.69, 9.17) is 16.3 Å². The predicted octanol–water partition coefficient (Wildman–Crippen LogP) is 5.37. The number of fused-ring (bicyclic) bond motifs is 5. The smallest absolute Gasteiger partial charge is 0.180 e. The van der Waals surface area contributed by atoms with Crippen molar-refractivity contribution in [2.45, 2.75) is 24.9 Å². The van der Waals surface area contributed by atoms with Crippen LogP contribution < -0.4 is 9.64 Å². The minimum absolute atomic E-state index is 0.111. The van der Waals surface area contributed by atoms with Crippen LogP contribution in [0.15, 0.2) is 72.8 Å². The molecule has 2 heterocycles. The minimum Gasteiger partial charge on any atom is -0.497 e. The molecule has 3 aromatic rings. The molecule has 3 aliphatic rings. The SMILES string of the molecule is COc1ccc([C@H]2[C@H](C(C)=O)N3c4ccc(Cl)cc4C=CC3C23C(=O)c2ccccc2C3=O)cc1. The van der Waals surface area contributed by atoms with E-state index in [1.54, 1.807) is 49.6 Å². The van der Waals surface area contributed by atoms with Crippen LogP contribution in [-0.4, -0.2) is 36.5 Å². The molecule has 1 saturated heterocycles. The van der Waals surface area contributed by atoms with Crippen LogP contribution in [0.1, 0.15) is 44.7 Å². The third kappa shape index (κ3) is 2.79. The fourth-order valence-electron chi connectivity index (χ4n) is 6.29. The van der Waals surface area contributed by atoms with Gasteiger partial charge in [0.15, 0.2) is 17.3 Å². The Morgan fingerprint density at radius 2 is 1.63 bits per heavy atom. The van der Waals surface area contributed by atoms with Gasteiger partial charge >= 0.3 is 0 Å². The van der Waals surface area contributed by atoms with Crippen molar-refractivity contribution in [1.82, 2.24) is 0 Å². The van der Waals surface area contributed by atoms with Gasteiger partial charge in [-0.1, -0.05) is 60.2 Å². The number of ketones is 3. The van der Waals surface area contributed by atoms with Gasteiger partial charge in [0, 0.05) is 27.8 Å². The summed E-state index contributed by atoms with van der Waals surface area (Å²) in [7, 11) is 1.58. The second kappa shape index (κ2) is 7.65. The Bertz CT molecular complexity index is 1410. The molecule has 5 nitrogen and oxygen atoms in total. The van der Waals surface area contributed by atoms with E-state index in [-0.39, 0.29) is 17.3 Å². The maximum absolute atomic E-state index is 14.3. The number of rotatable bonds is 3. The summed E-state index contributed by atoms with van der Waals surface area (Å²) in [5, 5.41) is 0.576. The van der Waals surface area contributed by atoms with Gasteiger partial charge in [-0.2, -0.15) is 0 Å². The summed E-state index contributed by atoms with van der Waals surface area (Å²) in [6, 6.07) is 18.4. The first kappa shape index (κ1) is 21.8. The zero-order valence-corrected chi connectivity index (χ0v) is 20.0. The van der Waals surface area contributed by atoms with Crippen LogP contribution in [0.2, 0.25) is 5.02 Å². The molecule has 0 amide bonds. The molecule has 2 aliphatic heterocycles. The van der Waals surface area contributed by atoms with Crippen molar-refractivity contribution < 1.29 is 19.1 Å². The van der Waals surface area contributed by atoms with Crippen molar-refractivity contribution in [3.8, 4) is 5.75 Å². The third-order valence-electron chi connectivity index (χ3n) is 7.66. The topological polar surface area (TPSA) is 63.7 Å². The number of ether oxygens (including phenoxy) is 1. The normalized spacial score (nSPS) is 23.3. The molecule has 6 rings (SSSR count). The first-order valence-corrected chi connectivity index (χ1v) is 11.9. The Morgan fingerprint density at radius 1 is 0.971 bits per heavy atom. The highest BCUT2D eigenvalue weighted by Crippen LogP contribution is 2.60. The Balaban J connectivity index is 1.66. The van der Waals surface area contributed by atoms with Gasteiger partial charge in [-0.05, 0) is 48.4 Å². The highest BCUT2D eigenvalue weighted by Gasteiger charge is 2.71. The number of carbonyl (C=O) groups excluding carboxylic acids is 3. The number of nitrogens with zero attached hydrogens (tertiary/aromatic N) is 1. The first-order valence-electron chi connectivity index (χ1n) is 11.5. The number of benzene rings is 3. The fourth-order valence-corrected chi connectivity index (χ4v) is 6.47. The van der Waals surface area contributed by atoms with Gasteiger partial charge in [0.2, 0.25) is 0 Å². The van der Waals surface area contributed by atoms with E-state index in [9.17, 15) is 14.4 Å². The molecule has 3 aromatic carbocycles. The van der Waals surface area contributed by atoms with E-state index in [1.807, 2.05) is 41.3 Å². The lowest BCUT2D eigenvalue weighted by molar-refractivity contribution is -0.118. The Hall–Kier alpha value is -3.70. The van der Waals surface area contributed by atoms with Crippen molar-refractivity contribution >= 4 is 40.7 Å². The Morgan fingerprint density at radius 3 is 2.23 bits per heavy atom. The molecule has 0 saturated carbocycles. The molecule has 0 aromatic heterocycles. The molecule has 1 aliphatic carbocycles. The summed E-state index contributed by atoms with van der Waals surface area (Å²) >= 11 is 6.26. The molecular weight excluding hydrogens is 462 g/mol.